The van der Waals surface area contributed by atoms with Crippen molar-refractivity contribution in [3.63, 3.8) is 0 Å². The first-order chi connectivity index (χ1) is 5.54. The van der Waals surface area contributed by atoms with Crippen molar-refractivity contribution in [3.8, 4) is 0 Å². The molecule has 0 radical (unpaired) electrons. The second kappa shape index (κ2) is 5.42. The first kappa shape index (κ1) is 10.8. The van der Waals surface area contributed by atoms with Gasteiger partial charge in [-0.1, -0.05) is 0 Å². The molecule has 68 valence electrons. The van der Waals surface area contributed by atoms with Crippen molar-refractivity contribution in [2.24, 2.45) is 16.5 Å². The Hall–Kier alpha value is -1.23. The van der Waals surface area contributed by atoms with Crippen molar-refractivity contribution in [2.75, 3.05) is 6.54 Å². The summed E-state index contributed by atoms with van der Waals surface area (Å²) in [5, 5.41) is 10.1. The van der Waals surface area contributed by atoms with Gasteiger partial charge in [-0.3, -0.25) is 0 Å². The number of aliphatic imine (C=N–C) groups is 1. The zero-order chi connectivity index (χ0) is 9.56. The molecule has 1 unspecified atom stereocenters. The van der Waals surface area contributed by atoms with Crippen molar-refractivity contribution in [3.05, 3.63) is 6.92 Å². The number of nitrogens with zero attached hydrogens (tertiary/aromatic N) is 1. The van der Waals surface area contributed by atoms with Gasteiger partial charge in [0.1, 0.15) is 6.92 Å². The van der Waals surface area contributed by atoms with Gasteiger partial charge in [-0.15, -0.1) is 0 Å². The second-order valence-corrected chi connectivity index (χ2v) is 2.44. The van der Waals surface area contributed by atoms with Crippen LogP contribution in [0, 0.1) is 6.92 Å². The molecule has 0 heterocycles. The largest absolute Gasteiger partial charge is 0.548 e. The monoisotopic (exact) mass is 171 g/mol. The van der Waals surface area contributed by atoms with Gasteiger partial charge < -0.3 is 21.4 Å². The fourth-order valence-corrected chi connectivity index (χ4v) is 0.652. The maximum Gasteiger partial charge on any atom is 0.281 e. The van der Waals surface area contributed by atoms with Crippen LogP contribution in [0.1, 0.15) is 12.8 Å². The number of hydrogen-bond donors (Lipinski definition) is 2. The van der Waals surface area contributed by atoms with E-state index >= 15 is 0 Å². The Morgan fingerprint density at radius 3 is 2.67 bits per heavy atom. The van der Waals surface area contributed by atoms with Crippen LogP contribution in [0.4, 0.5) is 0 Å². The summed E-state index contributed by atoms with van der Waals surface area (Å²) in [5.41, 5.74) is 10.3. The number of carbonyl (C=O) groups excluding carboxylic acids is 1. The molecular formula is C7H13N3O2. The summed E-state index contributed by atoms with van der Waals surface area (Å²) >= 11 is 0. The lowest BCUT2D eigenvalue weighted by atomic mass is 10.2. The van der Waals surface area contributed by atoms with Crippen molar-refractivity contribution in [1.82, 2.24) is 0 Å². The zero-order valence-corrected chi connectivity index (χ0v) is 6.82. The van der Waals surface area contributed by atoms with Gasteiger partial charge in [0.2, 0.25) is 0 Å². The molecule has 1 atom stereocenters. The third-order valence-corrected chi connectivity index (χ3v) is 1.29. The smallest absolute Gasteiger partial charge is 0.281 e. The number of carboxylic acid groups (broad SMARTS) is 1. The summed E-state index contributed by atoms with van der Waals surface area (Å²) in [7, 11) is 0. The van der Waals surface area contributed by atoms with Crippen LogP contribution in [0.25, 0.3) is 0 Å². The molecule has 5 nitrogen and oxygen atoms in total. The highest BCUT2D eigenvalue weighted by Gasteiger charge is 2.01. The summed E-state index contributed by atoms with van der Waals surface area (Å²) in [6.45, 7) is 3.81. The minimum atomic E-state index is -1.23. The van der Waals surface area contributed by atoms with Gasteiger partial charge in [0.25, 0.3) is 5.84 Å². The molecule has 5 heteroatoms. The number of carboxylic acids is 1. The van der Waals surface area contributed by atoms with Crippen LogP contribution in [-0.4, -0.2) is 24.4 Å². The molecule has 0 aliphatic carbocycles. The molecule has 0 saturated heterocycles. The lowest BCUT2D eigenvalue weighted by Gasteiger charge is -2.10. The molecule has 4 N–H and O–H groups in total. The van der Waals surface area contributed by atoms with Crippen molar-refractivity contribution in [2.45, 2.75) is 18.9 Å². The number of nitrogens with two attached hydrogens (primary N) is 2. The van der Waals surface area contributed by atoms with Crippen LogP contribution in [0.15, 0.2) is 4.99 Å². The second-order valence-electron chi connectivity index (χ2n) is 2.44. The number of aliphatic carboxylic acids is 1. The highest BCUT2D eigenvalue weighted by molar-refractivity contribution is 5.84. The maximum atomic E-state index is 10.1. The molecule has 0 aromatic carbocycles. The van der Waals surface area contributed by atoms with Crippen molar-refractivity contribution < 1.29 is 9.90 Å². The molecule has 0 aromatic heterocycles. The van der Waals surface area contributed by atoms with E-state index in [1.807, 2.05) is 0 Å². The summed E-state index contributed by atoms with van der Waals surface area (Å²) < 4.78 is 0. The lowest BCUT2D eigenvalue weighted by Crippen LogP contribution is -2.41. The number of hydrogen-bond acceptors (Lipinski definition) is 4. The van der Waals surface area contributed by atoms with Crippen LogP contribution in [0.2, 0.25) is 0 Å². The average molecular weight is 171 g/mol. The van der Waals surface area contributed by atoms with E-state index in [4.69, 9.17) is 11.5 Å². The summed E-state index contributed by atoms with van der Waals surface area (Å²) in [5.74, 6) is -0.987. The molecule has 0 aliphatic rings. The molecule has 0 rings (SSSR count). The highest BCUT2D eigenvalue weighted by Crippen LogP contribution is 1.93. The van der Waals surface area contributed by atoms with Gasteiger partial charge in [-0.25, -0.2) is 4.99 Å². The topological polar surface area (TPSA) is 105 Å². The van der Waals surface area contributed by atoms with Crippen LogP contribution in [0.5, 0.6) is 0 Å². The molecule has 0 aromatic rings. The number of rotatable bonds is 5. The third kappa shape index (κ3) is 5.55. The van der Waals surface area contributed by atoms with Crippen molar-refractivity contribution >= 4 is 11.8 Å². The first-order valence-electron chi connectivity index (χ1n) is 3.62. The van der Waals surface area contributed by atoms with Crippen molar-refractivity contribution in [1.29, 1.82) is 0 Å². The Morgan fingerprint density at radius 2 is 2.25 bits per heavy atom. The minimum Gasteiger partial charge on any atom is -0.548 e. The number of amidine groups is 1. The van der Waals surface area contributed by atoms with Gasteiger partial charge in [-0.05, 0) is 12.8 Å². The molecule has 0 fully saturated rings. The Morgan fingerprint density at radius 1 is 1.67 bits per heavy atom. The molecule has 0 bridgehead atoms. The van der Waals surface area contributed by atoms with E-state index in [9.17, 15) is 9.90 Å². The fourth-order valence-electron chi connectivity index (χ4n) is 0.652. The zero-order valence-electron chi connectivity index (χ0n) is 6.82. The Bertz CT molecular complexity index is 175. The van der Waals surface area contributed by atoms with Crippen LogP contribution < -0.4 is 16.6 Å². The van der Waals surface area contributed by atoms with E-state index in [1.165, 1.54) is 0 Å². The molecular weight excluding hydrogens is 158 g/mol. The summed E-state index contributed by atoms with van der Waals surface area (Å²) in [6, 6.07) is -0.911. The quantitative estimate of drug-likeness (QED) is 0.217. The summed E-state index contributed by atoms with van der Waals surface area (Å²) in [6.07, 6.45) is 0.921. The van der Waals surface area contributed by atoms with Crippen LogP contribution in [0.3, 0.4) is 0 Å². The van der Waals surface area contributed by atoms with E-state index in [0.29, 0.717) is 19.4 Å². The SMILES string of the molecule is [CH2+]C(N)=NCCCC(N)C(=O)[O-]. The molecule has 0 aliphatic heterocycles. The van der Waals surface area contributed by atoms with Gasteiger partial charge >= 0.3 is 0 Å². The van der Waals surface area contributed by atoms with Crippen LogP contribution in [-0.2, 0) is 4.79 Å². The normalized spacial score (nSPS) is 14.2. The van der Waals surface area contributed by atoms with Gasteiger partial charge in [-0.2, -0.15) is 0 Å². The van der Waals surface area contributed by atoms with Crippen LogP contribution >= 0.6 is 0 Å². The molecule has 0 saturated carbocycles. The predicted octanol–water partition coefficient (Wildman–Crippen LogP) is -1.96. The fraction of sp³-hybridized carbons (Fsp3) is 0.571. The average Bonchev–Trinajstić information content (AvgIpc) is 1.97. The van der Waals surface area contributed by atoms with Gasteiger partial charge in [0.15, 0.2) is 0 Å². The first-order valence-corrected chi connectivity index (χ1v) is 3.62. The summed E-state index contributed by atoms with van der Waals surface area (Å²) in [4.78, 5) is 13.9. The van der Waals surface area contributed by atoms with E-state index < -0.39 is 12.0 Å². The minimum absolute atomic E-state index is 0.247. The van der Waals surface area contributed by atoms with Gasteiger partial charge in [0.05, 0.1) is 5.97 Å². The van der Waals surface area contributed by atoms with Gasteiger partial charge in [0, 0.05) is 12.6 Å². The van der Waals surface area contributed by atoms with E-state index in [-0.39, 0.29) is 5.84 Å². The predicted molar refractivity (Wildman–Crippen MR) is 44.1 cm³/mol. The molecule has 0 spiro atoms. The maximum absolute atomic E-state index is 10.1. The molecule has 12 heavy (non-hydrogen) atoms. The van der Waals surface area contributed by atoms with E-state index in [0.717, 1.165) is 0 Å². The lowest BCUT2D eigenvalue weighted by molar-refractivity contribution is -0.307. The Balaban J connectivity index is 3.44. The van der Waals surface area contributed by atoms with E-state index in [2.05, 4.69) is 11.9 Å². The Labute approximate surface area is 71.5 Å². The highest BCUT2D eigenvalue weighted by atomic mass is 16.4. The van der Waals surface area contributed by atoms with E-state index in [1.54, 1.807) is 0 Å². The number of carbonyl (C=O) groups is 1. The third-order valence-electron chi connectivity index (χ3n) is 1.29. The molecule has 0 amide bonds. The standard InChI is InChI=1S/C7H13N3O2/c1-5(8)10-4-2-3-6(9)7(11)12/h6H,1-4,9H2,(H2-,8,10,11,12). The Kier molecular flexibility index (Phi) is 4.87.